The van der Waals surface area contributed by atoms with Crippen molar-refractivity contribution in [1.82, 2.24) is 10.0 Å². The van der Waals surface area contributed by atoms with Crippen LogP contribution in [-0.2, 0) is 14.8 Å². The third-order valence-electron chi connectivity index (χ3n) is 3.59. The molecule has 0 aliphatic carbocycles. The van der Waals surface area contributed by atoms with Gasteiger partial charge in [0.2, 0.25) is 15.9 Å². The van der Waals surface area contributed by atoms with Gasteiger partial charge >= 0.3 is 0 Å². The van der Waals surface area contributed by atoms with E-state index in [4.69, 9.17) is 0 Å². The van der Waals surface area contributed by atoms with Crippen molar-refractivity contribution in [3.05, 3.63) is 28.7 Å². The van der Waals surface area contributed by atoms with E-state index in [1.165, 1.54) is 12.1 Å². The van der Waals surface area contributed by atoms with Gasteiger partial charge < -0.3 is 5.32 Å². The Balaban J connectivity index is 2.33. The zero-order chi connectivity index (χ0) is 18.2. The third-order valence-corrected chi connectivity index (χ3v) is 5.60. The molecular weight excluding hydrogens is 392 g/mol. The Labute approximate surface area is 153 Å². The van der Waals surface area contributed by atoms with Crippen molar-refractivity contribution in [3.63, 3.8) is 0 Å². The Kier molecular flexibility index (Phi) is 8.94. The Hall–Kier alpha value is -0.920. The lowest BCUT2D eigenvalue weighted by Crippen LogP contribution is -2.35. The molecule has 136 valence electrons. The van der Waals surface area contributed by atoms with Crippen LogP contribution in [0.15, 0.2) is 33.6 Å². The van der Waals surface area contributed by atoms with Crippen molar-refractivity contribution < 1.29 is 13.2 Å². The molecule has 1 aromatic rings. The van der Waals surface area contributed by atoms with Crippen molar-refractivity contribution in [1.29, 1.82) is 0 Å². The van der Waals surface area contributed by atoms with Crippen LogP contribution in [0.25, 0.3) is 0 Å². The number of hydrogen-bond donors (Lipinski definition) is 2. The summed E-state index contributed by atoms with van der Waals surface area (Å²) < 4.78 is 27.5. The first-order valence-electron chi connectivity index (χ1n) is 8.25. The molecular formula is C17H27BrN2O3S. The zero-order valence-corrected chi connectivity index (χ0v) is 16.9. The molecule has 1 amide bonds. The topological polar surface area (TPSA) is 75.3 Å². The van der Waals surface area contributed by atoms with E-state index in [0.717, 1.165) is 23.7 Å². The van der Waals surface area contributed by atoms with Crippen LogP contribution in [0.4, 0.5) is 0 Å². The second kappa shape index (κ2) is 10.2. The number of rotatable bonds is 10. The minimum atomic E-state index is -3.58. The van der Waals surface area contributed by atoms with E-state index in [-0.39, 0.29) is 29.8 Å². The van der Waals surface area contributed by atoms with Gasteiger partial charge in [-0.05, 0) is 43.5 Å². The SMILES string of the molecule is CC(C)CCCC(C)NC(=O)CCNS(=O)(=O)c1ccc(Br)cc1. The molecule has 0 radical (unpaired) electrons. The van der Waals surface area contributed by atoms with E-state index in [2.05, 4.69) is 39.8 Å². The molecule has 0 heterocycles. The van der Waals surface area contributed by atoms with Gasteiger partial charge in [0.1, 0.15) is 0 Å². The van der Waals surface area contributed by atoms with E-state index < -0.39 is 10.0 Å². The Morgan fingerprint density at radius 1 is 1.12 bits per heavy atom. The molecule has 1 unspecified atom stereocenters. The monoisotopic (exact) mass is 418 g/mol. The predicted octanol–water partition coefficient (Wildman–Crippen LogP) is 3.45. The zero-order valence-electron chi connectivity index (χ0n) is 14.5. The number of amides is 1. The van der Waals surface area contributed by atoms with Crippen LogP contribution >= 0.6 is 15.9 Å². The van der Waals surface area contributed by atoms with Crippen LogP contribution in [0.1, 0.15) is 46.5 Å². The molecule has 5 nitrogen and oxygen atoms in total. The number of carbonyl (C=O) groups is 1. The summed E-state index contributed by atoms with van der Waals surface area (Å²) in [7, 11) is -3.58. The van der Waals surface area contributed by atoms with Crippen molar-refractivity contribution in [2.24, 2.45) is 5.92 Å². The van der Waals surface area contributed by atoms with Crippen LogP contribution in [0.5, 0.6) is 0 Å². The smallest absolute Gasteiger partial charge is 0.240 e. The first-order valence-corrected chi connectivity index (χ1v) is 10.5. The highest BCUT2D eigenvalue weighted by atomic mass is 79.9. The molecule has 1 aromatic carbocycles. The highest BCUT2D eigenvalue weighted by Crippen LogP contribution is 2.14. The van der Waals surface area contributed by atoms with Gasteiger partial charge in [-0.1, -0.05) is 42.6 Å². The molecule has 2 N–H and O–H groups in total. The lowest BCUT2D eigenvalue weighted by Gasteiger charge is -2.14. The maximum absolute atomic E-state index is 12.1. The van der Waals surface area contributed by atoms with Gasteiger partial charge in [-0.3, -0.25) is 4.79 Å². The predicted molar refractivity (Wildman–Crippen MR) is 100 cm³/mol. The summed E-state index contributed by atoms with van der Waals surface area (Å²) in [5, 5.41) is 2.91. The van der Waals surface area contributed by atoms with Crippen molar-refractivity contribution in [3.8, 4) is 0 Å². The normalized spacial score (nSPS) is 13.0. The average Bonchev–Trinajstić information content (AvgIpc) is 2.46. The van der Waals surface area contributed by atoms with Crippen LogP contribution in [-0.4, -0.2) is 26.9 Å². The van der Waals surface area contributed by atoms with Gasteiger partial charge in [-0.2, -0.15) is 0 Å². The number of halogens is 1. The quantitative estimate of drug-likeness (QED) is 0.610. The van der Waals surface area contributed by atoms with Crippen LogP contribution in [0.2, 0.25) is 0 Å². The number of benzene rings is 1. The molecule has 0 saturated heterocycles. The molecule has 0 aliphatic rings. The largest absolute Gasteiger partial charge is 0.354 e. The summed E-state index contributed by atoms with van der Waals surface area (Å²) in [5.74, 6) is 0.534. The molecule has 1 atom stereocenters. The van der Waals surface area contributed by atoms with Crippen molar-refractivity contribution in [2.45, 2.75) is 57.4 Å². The molecule has 1 rings (SSSR count). The van der Waals surface area contributed by atoms with E-state index >= 15 is 0 Å². The summed E-state index contributed by atoms with van der Waals surface area (Å²) in [6.45, 7) is 6.43. The highest BCUT2D eigenvalue weighted by Gasteiger charge is 2.14. The molecule has 0 spiro atoms. The average molecular weight is 419 g/mol. The Bertz CT molecular complexity index is 615. The van der Waals surface area contributed by atoms with E-state index in [1.807, 2.05) is 6.92 Å². The van der Waals surface area contributed by atoms with Crippen molar-refractivity contribution >= 4 is 31.9 Å². The summed E-state index contributed by atoms with van der Waals surface area (Å²) in [6, 6.07) is 6.48. The Morgan fingerprint density at radius 2 is 1.75 bits per heavy atom. The number of hydrogen-bond acceptors (Lipinski definition) is 3. The minimum Gasteiger partial charge on any atom is -0.354 e. The maximum atomic E-state index is 12.1. The lowest BCUT2D eigenvalue weighted by atomic mass is 10.0. The fourth-order valence-corrected chi connectivity index (χ4v) is 3.54. The first kappa shape index (κ1) is 21.1. The molecule has 0 aliphatic heterocycles. The fourth-order valence-electron chi connectivity index (χ4n) is 2.25. The van der Waals surface area contributed by atoms with Gasteiger partial charge in [0.15, 0.2) is 0 Å². The first-order chi connectivity index (χ1) is 11.2. The number of nitrogens with one attached hydrogen (secondary N) is 2. The number of sulfonamides is 1. The van der Waals surface area contributed by atoms with Gasteiger partial charge in [-0.25, -0.2) is 13.1 Å². The van der Waals surface area contributed by atoms with E-state index in [0.29, 0.717) is 5.92 Å². The summed E-state index contributed by atoms with van der Waals surface area (Å²) in [4.78, 5) is 12.1. The summed E-state index contributed by atoms with van der Waals surface area (Å²) in [5.41, 5.74) is 0. The van der Waals surface area contributed by atoms with E-state index in [9.17, 15) is 13.2 Å². The maximum Gasteiger partial charge on any atom is 0.240 e. The lowest BCUT2D eigenvalue weighted by molar-refractivity contribution is -0.121. The van der Waals surface area contributed by atoms with Crippen LogP contribution in [0, 0.1) is 5.92 Å². The molecule has 0 saturated carbocycles. The number of carbonyl (C=O) groups excluding carboxylic acids is 1. The standard InChI is InChI=1S/C17H27BrN2O3S/c1-13(2)5-4-6-14(3)20-17(21)11-12-19-24(22,23)16-9-7-15(18)8-10-16/h7-10,13-14,19H,4-6,11-12H2,1-3H3,(H,20,21). The summed E-state index contributed by atoms with van der Waals surface area (Å²) in [6.07, 6.45) is 3.29. The molecule has 24 heavy (non-hydrogen) atoms. The van der Waals surface area contributed by atoms with Gasteiger partial charge in [0.05, 0.1) is 4.90 Å². The Morgan fingerprint density at radius 3 is 2.33 bits per heavy atom. The van der Waals surface area contributed by atoms with Crippen LogP contribution in [0.3, 0.4) is 0 Å². The van der Waals surface area contributed by atoms with Gasteiger partial charge in [-0.15, -0.1) is 0 Å². The van der Waals surface area contributed by atoms with Crippen LogP contribution < -0.4 is 10.0 Å². The second-order valence-corrected chi connectivity index (χ2v) is 9.08. The summed E-state index contributed by atoms with van der Waals surface area (Å²) >= 11 is 3.26. The molecule has 7 heteroatoms. The molecule has 0 aromatic heterocycles. The van der Waals surface area contributed by atoms with Gasteiger partial charge in [0, 0.05) is 23.5 Å². The fraction of sp³-hybridized carbons (Fsp3) is 0.588. The van der Waals surface area contributed by atoms with E-state index in [1.54, 1.807) is 12.1 Å². The minimum absolute atomic E-state index is 0.0863. The highest BCUT2D eigenvalue weighted by molar-refractivity contribution is 9.10. The van der Waals surface area contributed by atoms with Crippen molar-refractivity contribution in [2.75, 3.05) is 6.54 Å². The van der Waals surface area contributed by atoms with Gasteiger partial charge in [0.25, 0.3) is 0 Å². The molecule has 0 fully saturated rings. The second-order valence-electron chi connectivity index (χ2n) is 6.40. The molecule has 0 bridgehead atoms. The third kappa shape index (κ3) is 8.26.